The highest BCUT2D eigenvalue weighted by Gasteiger charge is 2.13. The Morgan fingerprint density at radius 1 is 1.18 bits per heavy atom. The third-order valence-corrected chi connectivity index (χ3v) is 3.36. The van der Waals surface area contributed by atoms with Gasteiger partial charge in [0.15, 0.2) is 0 Å². The number of benzene rings is 1. The van der Waals surface area contributed by atoms with Crippen molar-refractivity contribution in [1.29, 1.82) is 0 Å². The van der Waals surface area contributed by atoms with Gasteiger partial charge in [-0.15, -0.1) is 0 Å². The molecular weight excluding hydrogens is 356 g/mol. The van der Waals surface area contributed by atoms with Crippen molar-refractivity contribution in [3.05, 3.63) is 54.0 Å². The van der Waals surface area contributed by atoms with Crippen molar-refractivity contribution in [2.45, 2.75) is 0 Å². The fraction of sp³-hybridized carbons (Fsp3) is 0. The maximum absolute atomic E-state index is 11.7. The van der Waals surface area contributed by atoms with E-state index in [2.05, 4.69) is 36.8 Å². The number of nitrogens with one attached hydrogen (secondary N) is 1. The highest BCUT2D eigenvalue weighted by atomic mass is 79.9. The van der Waals surface area contributed by atoms with Crippen LogP contribution in [0.2, 0.25) is 0 Å². The summed E-state index contributed by atoms with van der Waals surface area (Å²) < 4.78 is 2.21. The summed E-state index contributed by atoms with van der Waals surface area (Å²) in [5, 5.41) is 9.68. The SMILES string of the molecule is O=c1cc(O)n(-c2c(Br)cccc2Br)c(=O)[nH]1. The maximum Gasteiger partial charge on any atom is 0.335 e. The summed E-state index contributed by atoms with van der Waals surface area (Å²) in [6.45, 7) is 0. The van der Waals surface area contributed by atoms with Crippen LogP contribution >= 0.6 is 31.9 Å². The molecule has 0 fully saturated rings. The zero-order chi connectivity index (χ0) is 12.6. The van der Waals surface area contributed by atoms with Crippen LogP contribution in [0.15, 0.2) is 42.8 Å². The number of hydrogen-bond donors (Lipinski definition) is 2. The van der Waals surface area contributed by atoms with E-state index in [1.165, 1.54) is 0 Å². The van der Waals surface area contributed by atoms with Gasteiger partial charge < -0.3 is 5.11 Å². The summed E-state index contributed by atoms with van der Waals surface area (Å²) in [6, 6.07) is 6.15. The second kappa shape index (κ2) is 4.50. The summed E-state index contributed by atoms with van der Waals surface area (Å²) in [5.41, 5.74) is -0.930. The van der Waals surface area contributed by atoms with Crippen LogP contribution in [0.5, 0.6) is 5.88 Å². The fourth-order valence-corrected chi connectivity index (χ4v) is 2.76. The molecule has 0 aliphatic rings. The molecule has 0 spiro atoms. The molecule has 0 aliphatic heterocycles. The largest absolute Gasteiger partial charge is 0.494 e. The number of nitrogens with zero attached hydrogens (tertiary/aromatic N) is 1. The highest BCUT2D eigenvalue weighted by Crippen LogP contribution is 2.29. The lowest BCUT2D eigenvalue weighted by atomic mass is 10.3. The molecule has 0 bridgehead atoms. The van der Waals surface area contributed by atoms with Gasteiger partial charge in [0.2, 0.25) is 5.88 Å². The van der Waals surface area contributed by atoms with Crippen molar-refractivity contribution in [3.63, 3.8) is 0 Å². The highest BCUT2D eigenvalue weighted by molar-refractivity contribution is 9.11. The Morgan fingerprint density at radius 2 is 1.76 bits per heavy atom. The predicted molar refractivity (Wildman–Crippen MR) is 69.7 cm³/mol. The molecule has 88 valence electrons. The standard InChI is InChI=1S/C10H6Br2N2O3/c11-5-2-1-3-6(12)9(5)14-8(16)4-7(15)13-10(14)17/h1-4,16H,(H,13,15,17). The Balaban J connectivity index is 2.87. The van der Waals surface area contributed by atoms with Gasteiger partial charge in [-0.25, -0.2) is 9.36 Å². The molecule has 1 aromatic heterocycles. The van der Waals surface area contributed by atoms with Crippen molar-refractivity contribution >= 4 is 31.9 Å². The van der Waals surface area contributed by atoms with Gasteiger partial charge in [-0.2, -0.15) is 0 Å². The summed E-state index contributed by atoms with van der Waals surface area (Å²) in [4.78, 5) is 24.8. The summed E-state index contributed by atoms with van der Waals surface area (Å²) in [6.07, 6.45) is 0. The Kier molecular flexibility index (Phi) is 3.21. The van der Waals surface area contributed by atoms with E-state index in [1.54, 1.807) is 18.2 Å². The lowest BCUT2D eigenvalue weighted by molar-refractivity contribution is 0.430. The predicted octanol–water partition coefficient (Wildman–Crippen LogP) is 1.76. The van der Waals surface area contributed by atoms with Crippen LogP contribution < -0.4 is 11.2 Å². The van der Waals surface area contributed by atoms with Gasteiger partial charge in [0.05, 0.1) is 11.8 Å². The number of rotatable bonds is 1. The monoisotopic (exact) mass is 360 g/mol. The fourth-order valence-electron chi connectivity index (χ4n) is 1.40. The smallest absolute Gasteiger partial charge is 0.335 e. The van der Waals surface area contributed by atoms with Crippen LogP contribution in [0.3, 0.4) is 0 Å². The second-order valence-corrected chi connectivity index (χ2v) is 4.91. The zero-order valence-electron chi connectivity index (χ0n) is 8.28. The molecule has 7 heteroatoms. The van der Waals surface area contributed by atoms with Gasteiger partial charge in [-0.3, -0.25) is 9.78 Å². The van der Waals surface area contributed by atoms with Crippen molar-refractivity contribution in [1.82, 2.24) is 9.55 Å². The number of halogens is 2. The van der Waals surface area contributed by atoms with Gasteiger partial charge in [0, 0.05) is 8.95 Å². The first-order chi connectivity index (χ1) is 8.00. The molecule has 2 N–H and O–H groups in total. The minimum Gasteiger partial charge on any atom is -0.494 e. The number of hydrogen-bond acceptors (Lipinski definition) is 3. The normalized spacial score (nSPS) is 10.5. The molecule has 0 amide bonds. The van der Waals surface area contributed by atoms with Crippen molar-refractivity contribution < 1.29 is 5.11 Å². The molecule has 0 atom stereocenters. The van der Waals surface area contributed by atoms with E-state index in [0.717, 1.165) is 10.6 Å². The second-order valence-electron chi connectivity index (χ2n) is 3.20. The zero-order valence-corrected chi connectivity index (χ0v) is 11.4. The van der Waals surface area contributed by atoms with E-state index in [1.807, 2.05) is 0 Å². The average Bonchev–Trinajstić information content (AvgIpc) is 2.21. The van der Waals surface area contributed by atoms with Gasteiger partial charge in [-0.1, -0.05) is 6.07 Å². The van der Waals surface area contributed by atoms with E-state index in [4.69, 9.17) is 0 Å². The summed E-state index contributed by atoms with van der Waals surface area (Å²) >= 11 is 6.56. The molecule has 17 heavy (non-hydrogen) atoms. The van der Waals surface area contributed by atoms with E-state index in [9.17, 15) is 14.7 Å². The Hall–Kier alpha value is -1.34. The number of aromatic amines is 1. The number of H-pyrrole nitrogens is 1. The third kappa shape index (κ3) is 2.20. The molecule has 2 aromatic rings. The van der Waals surface area contributed by atoms with Crippen LogP contribution in [0.25, 0.3) is 5.69 Å². The summed E-state index contributed by atoms with van der Waals surface area (Å²) in [5.74, 6) is -0.425. The quantitative estimate of drug-likeness (QED) is 0.812. The first kappa shape index (κ1) is 12.1. The van der Waals surface area contributed by atoms with Crippen LogP contribution in [-0.2, 0) is 0 Å². The molecule has 5 nitrogen and oxygen atoms in total. The minimum absolute atomic E-state index is 0.422. The molecule has 0 aliphatic carbocycles. The van der Waals surface area contributed by atoms with Crippen LogP contribution in [-0.4, -0.2) is 14.7 Å². The molecule has 2 rings (SSSR count). The van der Waals surface area contributed by atoms with Crippen LogP contribution in [0, 0.1) is 0 Å². The van der Waals surface area contributed by atoms with E-state index in [0.29, 0.717) is 14.6 Å². The molecule has 1 aromatic carbocycles. The minimum atomic E-state index is -0.706. The lowest BCUT2D eigenvalue weighted by Crippen LogP contribution is -2.28. The molecular formula is C10H6Br2N2O3. The van der Waals surface area contributed by atoms with E-state index >= 15 is 0 Å². The number of para-hydroxylation sites is 1. The van der Waals surface area contributed by atoms with Crippen molar-refractivity contribution in [2.24, 2.45) is 0 Å². The van der Waals surface area contributed by atoms with Crippen LogP contribution in [0.4, 0.5) is 0 Å². The first-order valence-electron chi connectivity index (χ1n) is 4.50. The van der Waals surface area contributed by atoms with Crippen LogP contribution in [0.1, 0.15) is 0 Å². The van der Waals surface area contributed by atoms with Gasteiger partial charge in [-0.05, 0) is 44.0 Å². The molecule has 0 saturated heterocycles. The van der Waals surface area contributed by atoms with Crippen molar-refractivity contribution in [3.8, 4) is 11.6 Å². The topological polar surface area (TPSA) is 75.1 Å². The van der Waals surface area contributed by atoms with Crippen molar-refractivity contribution in [2.75, 3.05) is 0 Å². The summed E-state index contributed by atoms with van der Waals surface area (Å²) in [7, 11) is 0. The molecule has 1 heterocycles. The average molecular weight is 362 g/mol. The first-order valence-corrected chi connectivity index (χ1v) is 6.09. The maximum atomic E-state index is 11.7. The van der Waals surface area contributed by atoms with Gasteiger partial charge >= 0.3 is 5.69 Å². The Bertz CT molecular complexity index is 670. The van der Waals surface area contributed by atoms with E-state index < -0.39 is 17.1 Å². The van der Waals surface area contributed by atoms with E-state index in [-0.39, 0.29) is 0 Å². The third-order valence-electron chi connectivity index (χ3n) is 2.08. The molecule has 0 saturated carbocycles. The number of aromatic nitrogens is 2. The molecule has 0 radical (unpaired) electrons. The Labute approximate surface area is 112 Å². The van der Waals surface area contributed by atoms with Gasteiger partial charge in [0.25, 0.3) is 5.56 Å². The van der Waals surface area contributed by atoms with Gasteiger partial charge in [0.1, 0.15) is 0 Å². The molecule has 0 unspecified atom stereocenters. The number of aromatic hydroxyl groups is 1. The Morgan fingerprint density at radius 3 is 2.29 bits per heavy atom. The lowest BCUT2D eigenvalue weighted by Gasteiger charge is -2.11.